The number of nitrogens with zero attached hydrogens (tertiary/aromatic N) is 1. The monoisotopic (exact) mass is 477 g/mol. The molecule has 9 nitrogen and oxygen atoms in total. The van der Waals surface area contributed by atoms with E-state index in [0.717, 1.165) is 10.5 Å². The van der Waals surface area contributed by atoms with Gasteiger partial charge in [-0.2, -0.15) is 12.6 Å². The Kier molecular flexibility index (Phi) is 10.3. The highest BCUT2D eigenvalue weighted by Crippen LogP contribution is 2.26. The van der Waals surface area contributed by atoms with Crippen LogP contribution in [0.5, 0.6) is 0 Å². The molecule has 2 atom stereocenters. The van der Waals surface area contributed by atoms with Gasteiger partial charge in [-0.25, -0.2) is 4.79 Å². The minimum absolute atomic E-state index is 0.0977. The number of carbonyl (C=O) groups excluding carboxylic acids is 4. The average molecular weight is 478 g/mol. The van der Waals surface area contributed by atoms with Crippen molar-refractivity contribution < 1.29 is 28.7 Å². The van der Waals surface area contributed by atoms with Gasteiger partial charge in [-0.05, 0) is 45.7 Å². The van der Waals surface area contributed by atoms with E-state index in [0.29, 0.717) is 11.1 Å². The van der Waals surface area contributed by atoms with Crippen LogP contribution in [0.1, 0.15) is 43.5 Å². The summed E-state index contributed by atoms with van der Waals surface area (Å²) in [7, 11) is 1.19. The molecule has 0 radical (unpaired) electrons. The summed E-state index contributed by atoms with van der Waals surface area (Å²) in [5.74, 6) is -2.19. The van der Waals surface area contributed by atoms with E-state index in [1.54, 1.807) is 39.8 Å². The SMILES string of the molecule is C#CN(C(=O)C(CS)NC(=O)OC(C)(C)C)C(C(=O)NCC(=O)OC)c1cc(C)ccc1C. The van der Waals surface area contributed by atoms with E-state index < -0.39 is 48.1 Å². The summed E-state index contributed by atoms with van der Waals surface area (Å²) in [6.07, 6.45) is 4.83. The van der Waals surface area contributed by atoms with E-state index >= 15 is 0 Å². The fourth-order valence-electron chi connectivity index (χ4n) is 2.85. The number of carbonyl (C=O) groups is 4. The van der Waals surface area contributed by atoms with Crippen LogP contribution in [0.2, 0.25) is 0 Å². The molecular formula is C23H31N3O6S. The quantitative estimate of drug-likeness (QED) is 0.228. The van der Waals surface area contributed by atoms with Gasteiger partial charge in [-0.3, -0.25) is 19.3 Å². The molecule has 0 heterocycles. The van der Waals surface area contributed by atoms with Crippen LogP contribution in [-0.2, 0) is 23.9 Å². The number of alkyl carbamates (subject to hydrolysis) is 1. The molecule has 2 unspecified atom stereocenters. The van der Waals surface area contributed by atoms with Crippen LogP contribution in [0.3, 0.4) is 0 Å². The lowest BCUT2D eigenvalue weighted by Gasteiger charge is -2.30. The number of terminal acetylenes is 1. The van der Waals surface area contributed by atoms with Crippen LogP contribution in [0.4, 0.5) is 4.79 Å². The molecule has 0 bridgehead atoms. The topological polar surface area (TPSA) is 114 Å². The van der Waals surface area contributed by atoms with Crippen molar-refractivity contribution in [1.82, 2.24) is 15.5 Å². The molecule has 1 aromatic rings. The first-order chi connectivity index (χ1) is 15.3. The third-order valence-electron chi connectivity index (χ3n) is 4.42. The highest BCUT2D eigenvalue weighted by molar-refractivity contribution is 7.80. The molecule has 0 saturated heterocycles. The van der Waals surface area contributed by atoms with Crippen molar-refractivity contribution in [2.24, 2.45) is 0 Å². The summed E-state index contributed by atoms with van der Waals surface area (Å²) in [5.41, 5.74) is 1.23. The standard InChI is InChI=1S/C23H31N3O6S/c1-8-26(21(29)17(13-33)25-22(30)32-23(4,5)6)19(20(28)24-12-18(27)31-7)16-11-14(2)9-10-15(16)3/h1,9-11,17,19,33H,12-13H2,2-7H3,(H,24,28)(H,25,30). The molecule has 10 heteroatoms. The van der Waals surface area contributed by atoms with E-state index in [2.05, 4.69) is 34.0 Å². The van der Waals surface area contributed by atoms with Gasteiger partial charge in [0, 0.05) is 11.8 Å². The number of methoxy groups -OCH3 is 1. The second kappa shape index (κ2) is 12.2. The normalized spacial score (nSPS) is 12.5. The lowest BCUT2D eigenvalue weighted by atomic mass is 9.96. The average Bonchev–Trinajstić information content (AvgIpc) is 2.73. The molecule has 0 saturated carbocycles. The highest BCUT2D eigenvalue weighted by Gasteiger charge is 2.36. The molecule has 0 aliphatic carbocycles. The van der Waals surface area contributed by atoms with Crippen molar-refractivity contribution >= 4 is 36.5 Å². The minimum atomic E-state index is -1.27. The molecule has 33 heavy (non-hydrogen) atoms. The van der Waals surface area contributed by atoms with Gasteiger partial charge < -0.3 is 20.1 Å². The Morgan fingerprint density at radius 3 is 2.36 bits per heavy atom. The first kappa shape index (κ1) is 27.8. The van der Waals surface area contributed by atoms with Gasteiger partial charge in [0.15, 0.2) is 0 Å². The van der Waals surface area contributed by atoms with E-state index in [9.17, 15) is 19.2 Å². The summed E-state index contributed by atoms with van der Waals surface area (Å²) in [4.78, 5) is 51.0. The number of rotatable bonds is 8. The van der Waals surface area contributed by atoms with Crippen LogP contribution < -0.4 is 10.6 Å². The van der Waals surface area contributed by atoms with Gasteiger partial charge in [-0.1, -0.05) is 30.2 Å². The van der Waals surface area contributed by atoms with Gasteiger partial charge >= 0.3 is 12.1 Å². The fraction of sp³-hybridized carbons (Fsp3) is 0.478. The first-order valence-corrected chi connectivity index (χ1v) is 10.8. The molecule has 1 aromatic carbocycles. The maximum absolute atomic E-state index is 13.3. The van der Waals surface area contributed by atoms with Crippen molar-refractivity contribution in [3.8, 4) is 12.5 Å². The third kappa shape index (κ3) is 8.35. The van der Waals surface area contributed by atoms with Crippen LogP contribution >= 0.6 is 12.6 Å². The van der Waals surface area contributed by atoms with Crippen molar-refractivity contribution in [2.75, 3.05) is 19.4 Å². The molecule has 0 aromatic heterocycles. The molecule has 1 rings (SSSR count). The van der Waals surface area contributed by atoms with E-state index in [1.807, 2.05) is 13.0 Å². The lowest BCUT2D eigenvalue weighted by molar-refractivity contribution is -0.142. The molecule has 0 spiro atoms. The van der Waals surface area contributed by atoms with Gasteiger partial charge in [0.25, 0.3) is 5.91 Å². The Morgan fingerprint density at radius 2 is 1.85 bits per heavy atom. The van der Waals surface area contributed by atoms with Crippen molar-refractivity contribution in [3.05, 3.63) is 34.9 Å². The number of amides is 3. The number of nitrogens with one attached hydrogen (secondary N) is 2. The van der Waals surface area contributed by atoms with Gasteiger partial charge in [0.2, 0.25) is 5.91 Å². The summed E-state index contributed by atoms with van der Waals surface area (Å²) < 4.78 is 9.76. The summed E-state index contributed by atoms with van der Waals surface area (Å²) in [5, 5.41) is 4.88. The van der Waals surface area contributed by atoms with Crippen LogP contribution in [0.25, 0.3) is 0 Å². The number of hydrogen-bond donors (Lipinski definition) is 3. The third-order valence-corrected chi connectivity index (χ3v) is 4.78. The molecule has 0 aliphatic rings. The number of hydrogen-bond acceptors (Lipinski definition) is 7. The number of esters is 1. The van der Waals surface area contributed by atoms with E-state index in [-0.39, 0.29) is 5.75 Å². The fourth-order valence-corrected chi connectivity index (χ4v) is 3.10. The molecule has 180 valence electrons. The Morgan fingerprint density at radius 1 is 1.21 bits per heavy atom. The zero-order chi connectivity index (χ0) is 25.3. The first-order valence-electron chi connectivity index (χ1n) is 10.2. The van der Waals surface area contributed by atoms with Gasteiger partial charge in [0.1, 0.15) is 24.2 Å². The molecule has 0 fully saturated rings. The van der Waals surface area contributed by atoms with Gasteiger partial charge in [0.05, 0.1) is 7.11 Å². The predicted octanol–water partition coefficient (Wildman–Crippen LogP) is 1.88. The summed E-state index contributed by atoms with van der Waals surface area (Å²) in [6, 6.07) is 5.18. The molecule has 2 N–H and O–H groups in total. The number of aryl methyl sites for hydroxylation is 2. The second-order valence-corrected chi connectivity index (χ2v) is 8.64. The Hall–Kier alpha value is -3.19. The lowest BCUT2D eigenvalue weighted by Crippen LogP contribution is -2.52. The van der Waals surface area contributed by atoms with E-state index in [4.69, 9.17) is 11.2 Å². The van der Waals surface area contributed by atoms with E-state index in [1.165, 1.54) is 7.11 Å². The summed E-state index contributed by atoms with van der Waals surface area (Å²) >= 11 is 4.15. The number of benzene rings is 1. The smallest absolute Gasteiger partial charge is 0.408 e. The zero-order valence-electron chi connectivity index (χ0n) is 19.7. The van der Waals surface area contributed by atoms with Crippen LogP contribution in [-0.4, -0.2) is 59.8 Å². The molecular weight excluding hydrogens is 446 g/mol. The Bertz CT molecular complexity index is 935. The van der Waals surface area contributed by atoms with Crippen molar-refractivity contribution in [2.45, 2.75) is 52.3 Å². The predicted molar refractivity (Wildman–Crippen MR) is 126 cm³/mol. The van der Waals surface area contributed by atoms with Crippen LogP contribution in [0, 0.1) is 26.3 Å². The number of thiol groups is 1. The highest BCUT2D eigenvalue weighted by atomic mass is 32.1. The van der Waals surface area contributed by atoms with Gasteiger partial charge in [-0.15, -0.1) is 0 Å². The maximum atomic E-state index is 13.3. The Balaban J connectivity index is 3.34. The maximum Gasteiger partial charge on any atom is 0.408 e. The zero-order valence-corrected chi connectivity index (χ0v) is 20.6. The minimum Gasteiger partial charge on any atom is -0.468 e. The molecule has 3 amide bonds. The second-order valence-electron chi connectivity index (χ2n) is 8.28. The van der Waals surface area contributed by atoms with Crippen molar-refractivity contribution in [1.29, 1.82) is 0 Å². The Labute approximate surface area is 200 Å². The van der Waals surface area contributed by atoms with Crippen molar-refractivity contribution in [3.63, 3.8) is 0 Å². The van der Waals surface area contributed by atoms with Crippen LogP contribution in [0.15, 0.2) is 18.2 Å². The largest absolute Gasteiger partial charge is 0.468 e. The summed E-state index contributed by atoms with van der Waals surface area (Å²) in [6.45, 7) is 8.23. The number of ether oxygens (including phenoxy) is 2. The molecule has 0 aliphatic heterocycles.